The lowest BCUT2D eigenvalue weighted by Crippen LogP contribution is -1.89. The maximum absolute atomic E-state index is 5.75. The van der Waals surface area contributed by atoms with E-state index in [0.717, 1.165) is 27.6 Å². The zero-order chi connectivity index (χ0) is 13.2. The smallest absolute Gasteiger partial charge is 0.166 e. The van der Waals surface area contributed by atoms with Crippen LogP contribution in [0.4, 0.5) is 5.00 Å². The Labute approximate surface area is 117 Å². The standard InChI is InChI=1S/C11H11N5OS2/c1-17-6-2-3-7-8(4-6)14-11(13-7)18-5-9-10(12)19-16-15-9/h2-4H,5,12H2,1H3,(H,13,14). The monoisotopic (exact) mass is 293 g/mol. The minimum absolute atomic E-state index is 0.652. The van der Waals surface area contributed by atoms with Gasteiger partial charge in [-0.1, -0.05) is 16.3 Å². The van der Waals surface area contributed by atoms with Crippen molar-refractivity contribution in [1.82, 2.24) is 19.6 Å². The molecule has 19 heavy (non-hydrogen) atoms. The van der Waals surface area contributed by atoms with Gasteiger partial charge in [-0.2, -0.15) is 0 Å². The highest BCUT2D eigenvalue weighted by Gasteiger charge is 2.08. The third kappa shape index (κ3) is 2.49. The number of imidazole rings is 1. The minimum atomic E-state index is 0.652. The fourth-order valence-corrected chi connectivity index (χ4v) is 2.98. The molecular weight excluding hydrogens is 282 g/mol. The molecule has 6 nitrogen and oxygen atoms in total. The Balaban J connectivity index is 1.80. The lowest BCUT2D eigenvalue weighted by atomic mass is 10.3. The van der Waals surface area contributed by atoms with E-state index in [1.165, 1.54) is 11.5 Å². The Bertz CT molecular complexity index is 708. The van der Waals surface area contributed by atoms with Crippen LogP contribution in [0.2, 0.25) is 0 Å². The molecular formula is C11H11N5OS2. The summed E-state index contributed by atoms with van der Waals surface area (Å²) in [6.45, 7) is 0. The summed E-state index contributed by atoms with van der Waals surface area (Å²) in [7, 11) is 1.64. The summed E-state index contributed by atoms with van der Waals surface area (Å²) >= 11 is 2.75. The molecule has 0 radical (unpaired) electrons. The lowest BCUT2D eigenvalue weighted by molar-refractivity contribution is 0.415. The molecule has 0 aliphatic heterocycles. The summed E-state index contributed by atoms with van der Waals surface area (Å²) in [6, 6.07) is 5.73. The van der Waals surface area contributed by atoms with Crippen LogP contribution in [0.5, 0.6) is 5.75 Å². The maximum Gasteiger partial charge on any atom is 0.166 e. The van der Waals surface area contributed by atoms with E-state index in [-0.39, 0.29) is 0 Å². The predicted molar refractivity (Wildman–Crippen MR) is 76.5 cm³/mol. The van der Waals surface area contributed by atoms with Crippen LogP contribution in [-0.2, 0) is 5.75 Å². The molecule has 0 saturated heterocycles. The Kier molecular flexibility index (Phi) is 3.26. The van der Waals surface area contributed by atoms with E-state index >= 15 is 0 Å². The number of hydrogen-bond acceptors (Lipinski definition) is 7. The van der Waals surface area contributed by atoms with Gasteiger partial charge in [0.1, 0.15) is 16.4 Å². The molecule has 0 amide bonds. The molecule has 1 aromatic carbocycles. The van der Waals surface area contributed by atoms with E-state index < -0.39 is 0 Å². The van der Waals surface area contributed by atoms with Crippen LogP contribution in [0.3, 0.4) is 0 Å². The number of benzene rings is 1. The second-order valence-corrected chi connectivity index (χ2v) is 5.55. The molecule has 0 saturated carbocycles. The largest absolute Gasteiger partial charge is 0.497 e. The zero-order valence-corrected chi connectivity index (χ0v) is 11.7. The van der Waals surface area contributed by atoms with Crippen LogP contribution in [-0.4, -0.2) is 26.7 Å². The molecule has 8 heteroatoms. The van der Waals surface area contributed by atoms with Crippen molar-refractivity contribution < 1.29 is 4.74 Å². The summed E-state index contributed by atoms with van der Waals surface area (Å²) in [4.78, 5) is 7.72. The van der Waals surface area contributed by atoms with E-state index in [2.05, 4.69) is 19.6 Å². The number of nitrogen functional groups attached to an aromatic ring is 1. The summed E-state index contributed by atoms with van der Waals surface area (Å²) in [5.41, 5.74) is 8.41. The third-order valence-electron chi connectivity index (χ3n) is 2.60. The van der Waals surface area contributed by atoms with Crippen LogP contribution < -0.4 is 10.5 Å². The zero-order valence-electron chi connectivity index (χ0n) is 10.1. The number of nitrogens with one attached hydrogen (secondary N) is 1. The first-order valence-electron chi connectivity index (χ1n) is 5.49. The van der Waals surface area contributed by atoms with Gasteiger partial charge in [0.2, 0.25) is 0 Å². The van der Waals surface area contributed by atoms with Gasteiger partial charge in [-0.05, 0) is 12.1 Å². The number of anilines is 1. The summed E-state index contributed by atoms with van der Waals surface area (Å²) < 4.78 is 8.98. The Hall–Kier alpha value is -1.80. The van der Waals surface area contributed by atoms with Crippen molar-refractivity contribution in [3.8, 4) is 5.75 Å². The van der Waals surface area contributed by atoms with Crippen molar-refractivity contribution in [1.29, 1.82) is 0 Å². The van der Waals surface area contributed by atoms with E-state index in [1.54, 1.807) is 18.9 Å². The van der Waals surface area contributed by atoms with Gasteiger partial charge < -0.3 is 15.5 Å². The van der Waals surface area contributed by atoms with Gasteiger partial charge in [-0.15, -0.1) is 5.10 Å². The molecule has 0 unspecified atom stereocenters. The van der Waals surface area contributed by atoms with Crippen molar-refractivity contribution in [2.45, 2.75) is 10.9 Å². The summed E-state index contributed by atoms with van der Waals surface area (Å²) in [5.74, 6) is 1.46. The predicted octanol–water partition coefficient (Wildman–Crippen LogP) is 2.30. The van der Waals surface area contributed by atoms with Crippen molar-refractivity contribution in [3.05, 3.63) is 23.9 Å². The normalized spacial score (nSPS) is 11.0. The number of thioether (sulfide) groups is 1. The minimum Gasteiger partial charge on any atom is -0.497 e. The Morgan fingerprint density at radius 1 is 1.47 bits per heavy atom. The molecule has 3 aromatic rings. The van der Waals surface area contributed by atoms with Gasteiger partial charge >= 0.3 is 0 Å². The van der Waals surface area contributed by atoms with Gasteiger partial charge in [0.25, 0.3) is 0 Å². The number of nitrogens with zero attached hydrogens (tertiary/aromatic N) is 3. The molecule has 0 atom stereocenters. The number of nitrogens with two attached hydrogens (primary N) is 1. The van der Waals surface area contributed by atoms with Crippen molar-refractivity contribution in [2.24, 2.45) is 0 Å². The van der Waals surface area contributed by atoms with Gasteiger partial charge in [0.05, 0.1) is 18.1 Å². The highest BCUT2D eigenvalue weighted by molar-refractivity contribution is 7.98. The van der Waals surface area contributed by atoms with E-state index in [9.17, 15) is 0 Å². The van der Waals surface area contributed by atoms with E-state index in [4.69, 9.17) is 10.5 Å². The molecule has 2 aromatic heterocycles. The van der Waals surface area contributed by atoms with Crippen molar-refractivity contribution in [2.75, 3.05) is 12.8 Å². The van der Waals surface area contributed by atoms with Gasteiger partial charge in [0.15, 0.2) is 5.16 Å². The number of ether oxygens (including phenoxy) is 1. The molecule has 0 aliphatic rings. The quantitative estimate of drug-likeness (QED) is 0.717. The number of methoxy groups -OCH3 is 1. The van der Waals surface area contributed by atoms with Crippen LogP contribution >= 0.6 is 23.3 Å². The lowest BCUT2D eigenvalue weighted by Gasteiger charge is -1.96. The van der Waals surface area contributed by atoms with Crippen LogP contribution in [0.25, 0.3) is 11.0 Å². The molecule has 0 aliphatic carbocycles. The Morgan fingerprint density at radius 3 is 3.11 bits per heavy atom. The van der Waals surface area contributed by atoms with Crippen LogP contribution in [0, 0.1) is 0 Å². The first-order chi connectivity index (χ1) is 9.26. The summed E-state index contributed by atoms with van der Waals surface area (Å²) in [5, 5.41) is 5.46. The number of aromatic nitrogens is 4. The van der Waals surface area contributed by atoms with Gasteiger partial charge in [-0.25, -0.2) is 4.98 Å². The SMILES string of the molecule is COc1ccc2nc(SCc3nnsc3N)[nH]c2c1. The number of H-pyrrole nitrogens is 1. The van der Waals surface area contributed by atoms with Crippen LogP contribution in [0.15, 0.2) is 23.4 Å². The van der Waals surface area contributed by atoms with Crippen LogP contribution in [0.1, 0.15) is 5.69 Å². The molecule has 2 heterocycles. The van der Waals surface area contributed by atoms with Gasteiger partial charge in [-0.3, -0.25) is 0 Å². The average Bonchev–Trinajstić information content (AvgIpc) is 3.01. The number of rotatable bonds is 4. The van der Waals surface area contributed by atoms with Crippen molar-refractivity contribution in [3.63, 3.8) is 0 Å². The highest BCUT2D eigenvalue weighted by Crippen LogP contribution is 2.26. The molecule has 0 bridgehead atoms. The number of fused-ring (bicyclic) bond motifs is 1. The highest BCUT2D eigenvalue weighted by atomic mass is 32.2. The van der Waals surface area contributed by atoms with E-state index in [1.807, 2.05) is 18.2 Å². The fraction of sp³-hybridized carbons (Fsp3) is 0.182. The molecule has 3 N–H and O–H groups in total. The molecule has 0 fully saturated rings. The Morgan fingerprint density at radius 2 is 2.37 bits per heavy atom. The number of aromatic amines is 1. The summed E-state index contributed by atoms with van der Waals surface area (Å²) in [6.07, 6.45) is 0. The first kappa shape index (κ1) is 12.2. The maximum atomic E-state index is 5.75. The second kappa shape index (κ2) is 5.06. The topological polar surface area (TPSA) is 89.7 Å². The molecule has 0 spiro atoms. The van der Waals surface area contributed by atoms with Gasteiger partial charge in [0, 0.05) is 23.4 Å². The molecule has 98 valence electrons. The first-order valence-corrected chi connectivity index (χ1v) is 7.25. The third-order valence-corrected chi connectivity index (χ3v) is 4.08. The van der Waals surface area contributed by atoms with Crippen molar-refractivity contribution >= 4 is 39.3 Å². The molecule has 3 rings (SSSR count). The fourth-order valence-electron chi connectivity index (χ4n) is 1.61. The van der Waals surface area contributed by atoms with E-state index in [0.29, 0.717) is 10.8 Å². The number of hydrogen-bond donors (Lipinski definition) is 2. The second-order valence-electron chi connectivity index (χ2n) is 3.80. The average molecular weight is 293 g/mol.